The van der Waals surface area contributed by atoms with Crippen molar-refractivity contribution < 1.29 is 0 Å². The Balaban J connectivity index is 2.17. The molecule has 0 aromatic heterocycles. The van der Waals surface area contributed by atoms with E-state index in [1.54, 1.807) is 28.7 Å². The van der Waals surface area contributed by atoms with E-state index in [1.165, 1.54) is 0 Å². The molecule has 4 nitrogen and oxygen atoms in total. The summed E-state index contributed by atoms with van der Waals surface area (Å²) in [5.74, 6) is 0. The van der Waals surface area contributed by atoms with E-state index in [0.29, 0.717) is 0 Å². The normalized spacial score (nSPS) is 27.7. The van der Waals surface area contributed by atoms with Crippen LogP contribution in [0.15, 0.2) is 21.9 Å². The van der Waals surface area contributed by atoms with Gasteiger partial charge in [0, 0.05) is 11.8 Å². The first-order valence-corrected chi connectivity index (χ1v) is 5.88. The van der Waals surface area contributed by atoms with Crippen molar-refractivity contribution in [1.29, 1.82) is 0 Å². The van der Waals surface area contributed by atoms with Crippen molar-refractivity contribution in [2.45, 2.75) is 31.7 Å². The van der Waals surface area contributed by atoms with Gasteiger partial charge in [0.2, 0.25) is 0 Å². The van der Waals surface area contributed by atoms with Crippen LogP contribution >= 0.6 is 23.5 Å². The molecule has 15 heavy (non-hydrogen) atoms. The Morgan fingerprint density at radius 1 is 1.60 bits per heavy atom. The van der Waals surface area contributed by atoms with Gasteiger partial charge < -0.3 is 5.32 Å². The quantitative estimate of drug-likeness (QED) is 0.664. The number of thioether (sulfide) groups is 1. The fraction of sp³-hybridized carbons (Fsp3) is 0.556. The molecule has 0 aromatic rings. The number of nitrogens with one attached hydrogen (secondary N) is 1. The molecule has 2 aliphatic heterocycles. The lowest BCUT2D eigenvalue weighted by Crippen LogP contribution is -2.27. The predicted molar refractivity (Wildman–Crippen MR) is 66.0 cm³/mol. The summed E-state index contributed by atoms with van der Waals surface area (Å²) in [7, 11) is 0. The smallest absolute Gasteiger partial charge is 0.163 e. The molecule has 0 aliphatic carbocycles. The first-order valence-electron chi connectivity index (χ1n) is 4.67. The highest BCUT2D eigenvalue weighted by Crippen LogP contribution is 2.32. The lowest BCUT2D eigenvalue weighted by atomic mass is 10.1. The van der Waals surface area contributed by atoms with E-state index >= 15 is 0 Å². The molecule has 0 spiro atoms. The lowest BCUT2D eigenvalue weighted by Gasteiger charge is -2.19. The summed E-state index contributed by atoms with van der Waals surface area (Å²) in [6.07, 6.45) is 3.38. The topological polar surface area (TPSA) is 40.0 Å². The molecule has 2 rings (SSSR count). The second-order valence-corrected chi connectivity index (χ2v) is 5.84. The van der Waals surface area contributed by atoms with E-state index in [0.717, 1.165) is 10.9 Å². The van der Waals surface area contributed by atoms with Crippen LogP contribution in [-0.4, -0.2) is 26.8 Å². The monoisotopic (exact) mass is 244 g/mol. The van der Waals surface area contributed by atoms with Gasteiger partial charge in [-0.05, 0) is 20.8 Å². The molecule has 1 fully saturated rings. The van der Waals surface area contributed by atoms with Gasteiger partial charge in [-0.1, -0.05) is 11.8 Å². The molecular formula is C9H13ClN4S. The molecular weight excluding hydrogens is 232 g/mol. The summed E-state index contributed by atoms with van der Waals surface area (Å²) in [5, 5.41) is 4.19. The van der Waals surface area contributed by atoms with Crippen molar-refractivity contribution >= 4 is 35.0 Å². The minimum Gasteiger partial charge on any atom is -0.335 e. The SMILES string of the molecule is CC(C)(C)N=C1NC2=CN=CN(Cl)C2S1. The first-order chi connectivity index (χ1) is 6.96. The summed E-state index contributed by atoms with van der Waals surface area (Å²) in [4.78, 5) is 8.56. The Morgan fingerprint density at radius 2 is 2.33 bits per heavy atom. The Morgan fingerprint density at radius 3 is 2.93 bits per heavy atom. The summed E-state index contributed by atoms with van der Waals surface area (Å²) < 4.78 is 1.55. The molecule has 1 atom stereocenters. The minimum absolute atomic E-state index is 0.0743. The van der Waals surface area contributed by atoms with Crippen LogP contribution in [0.1, 0.15) is 20.8 Å². The number of hydrogen-bond donors (Lipinski definition) is 1. The van der Waals surface area contributed by atoms with E-state index in [4.69, 9.17) is 11.8 Å². The zero-order chi connectivity index (χ0) is 11.1. The number of hydrogen-bond acceptors (Lipinski definition) is 4. The Bertz CT molecular complexity index is 356. The van der Waals surface area contributed by atoms with Gasteiger partial charge >= 0.3 is 0 Å². The second kappa shape index (κ2) is 3.72. The van der Waals surface area contributed by atoms with Gasteiger partial charge in [-0.2, -0.15) is 0 Å². The zero-order valence-corrected chi connectivity index (χ0v) is 10.4. The third-order valence-corrected chi connectivity index (χ3v) is 3.31. The fourth-order valence-corrected chi connectivity index (χ4v) is 2.65. The Hall–Kier alpha value is -0.680. The molecule has 0 radical (unpaired) electrons. The van der Waals surface area contributed by atoms with Crippen molar-refractivity contribution in [3.63, 3.8) is 0 Å². The largest absolute Gasteiger partial charge is 0.335 e. The third-order valence-electron chi connectivity index (χ3n) is 1.79. The standard InChI is InChI=1S/C9H13ClN4S/c1-9(2,3)13-8-12-6-4-11-5-14(10)7(6)15-8/h4-5,7H,1-3H3,(H,12,13). The number of aliphatic imine (C=N–C) groups is 2. The maximum atomic E-state index is 5.98. The molecule has 1 saturated heterocycles. The molecule has 2 aliphatic rings. The van der Waals surface area contributed by atoms with Gasteiger partial charge in [-0.25, -0.2) is 4.99 Å². The molecule has 1 N–H and O–H groups in total. The van der Waals surface area contributed by atoms with Crippen molar-refractivity contribution in [3.8, 4) is 0 Å². The number of amidine groups is 1. The van der Waals surface area contributed by atoms with E-state index < -0.39 is 0 Å². The van der Waals surface area contributed by atoms with Gasteiger partial charge in [0.05, 0.1) is 17.4 Å². The summed E-state index contributed by atoms with van der Waals surface area (Å²) in [6, 6.07) is 0. The van der Waals surface area contributed by atoms with E-state index in [1.807, 2.05) is 0 Å². The van der Waals surface area contributed by atoms with Crippen LogP contribution in [0.4, 0.5) is 0 Å². The molecule has 2 heterocycles. The van der Waals surface area contributed by atoms with Crippen LogP contribution in [0.3, 0.4) is 0 Å². The summed E-state index contributed by atoms with van der Waals surface area (Å²) in [6.45, 7) is 6.19. The van der Waals surface area contributed by atoms with E-state index in [-0.39, 0.29) is 10.9 Å². The third kappa shape index (κ3) is 2.46. The van der Waals surface area contributed by atoms with Crippen LogP contribution in [0.25, 0.3) is 0 Å². The highest BCUT2D eigenvalue weighted by Gasteiger charge is 2.32. The van der Waals surface area contributed by atoms with Crippen LogP contribution in [0, 0.1) is 0 Å². The second-order valence-electron chi connectivity index (χ2n) is 4.38. The Kier molecular flexibility index (Phi) is 2.68. The molecule has 0 aromatic carbocycles. The van der Waals surface area contributed by atoms with Crippen molar-refractivity contribution in [3.05, 3.63) is 11.9 Å². The summed E-state index contributed by atoms with van der Waals surface area (Å²) >= 11 is 7.58. The average molecular weight is 245 g/mol. The molecule has 0 bridgehead atoms. The number of fused-ring (bicyclic) bond motifs is 1. The molecule has 1 unspecified atom stereocenters. The molecule has 82 valence electrons. The van der Waals surface area contributed by atoms with Gasteiger partial charge in [0.25, 0.3) is 0 Å². The highest BCUT2D eigenvalue weighted by molar-refractivity contribution is 8.15. The maximum Gasteiger partial charge on any atom is 0.163 e. The van der Waals surface area contributed by atoms with Gasteiger partial charge in [0.15, 0.2) is 5.17 Å². The zero-order valence-electron chi connectivity index (χ0n) is 8.86. The molecule has 0 amide bonds. The summed E-state index contributed by atoms with van der Waals surface area (Å²) in [5.41, 5.74) is 0.905. The van der Waals surface area contributed by atoms with Gasteiger partial charge in [0.1, 0.15) is 11.7 Å². The first kappa shape index (κ1) is 10.8. The average Bonchev–Trinajstić information content (AvgIpc) is 2.45. The van der Waals surface area contributed by atoms with Gasteiger partial charge in [-0.15, -0.1) is 0 Å². The van der Waals surface area contributed by atoms with Gasteiger partial charge in [-0.3, -0.25) is 9.41 Å². The minimum atomic E-state index is -0.0820. The van der Waals surface area contributed by atoms with E-state index in [2.05, 4.69) is 36.1 Å². The van der Waals surface area contributed by atoms with Crippen molar-refractivity contribution in [2.75, 3.05) is 0 Å². The van der Waals surface area contributed by atoms with Crippen LogP contribution in [0.5, 0.6) is 0 Å². The molecule has 6 heteroatoms. The fourth-order valence-electron chi connectivity index (χ4n) is 1.26. The van der Waals surface area contributed by atoms with Crippen molar-refractivity contribution in [2.24, 2.45) is 9.98 Å². The lowest BCUT2D eigenvalue weighted by molar-refractivity contribution is 0.583. The van der Waals surface area contributed by atoms with Crippen LogP contribution in [-0.2, 0) is 0 Å². The number of rotatable bonds is 0. The molecule has 0 saturated carbocycles. The van der Waals surface area contributed by atoms with Crippen LogP contribution in [0.2, 0.25) is 0 Å². The Labute approximate surface area is 98.6 Å². The van der Waals surface area contributed by atoms with Crippen molar-refractivity contribution in [1.82, 2.24) is 9.74 Å². The van der Waals surface area contributed by atoms with E-state index in [9.17, 15) is 0 Å². The highest BCUT2D eigenvalue weighted by atomic mass is 35.5. The number of nitrogens with zero attached hydrogens (tertiary/aromatic N) is 3. The number of halogens is 1. The predicted octanol–water partition coefficient (Wildman–Crippen LogP) is 2.14. The van der Waals surface area contributed by atoms with Crippen LogP contribution < -0.4 is 5.32 Å². The maximum absolute atomic E-state index is 5.98.